The van der Waals surface area contributed by atoms with Gasteiger partial charge in [-0.3, -0.25) is 4.79 Å². The number of hydrogen-bond donors (Lipinski definition) is 0. The van der Waals surface area contributed by atoms with E-state index < -0.39 is 5.82 Å². The van der Waals surface area contributed by atoms with E-state index in [1.54, 1.807) is 24.3 Å². The maximum absolute atomic E-state index is 13.3. The third-order valence-electron chi connectivity index (χ3n) is 2.57. The number of rotatable bonds is 3. The zero-order chi connectivity index (χ0) is 14.0. The summed E-state index contributed by atoms with van der Waals surface area (Å²) >= 11 is 12.5. The molecule has 0 saturated carbocycles. The molecule has 0 heterocycles. The number of benzene rings is 2. The molecule has 2 rings (SSSR count). The molecule has 1 nitrogen and oxygen atoms in total. The minimum absolute atomic E-state index is 0.00455. The Morgan fingerprint density at radius 2 is 1.79 bits per heavy atom. The summed E-state index contributed by atoms with van der Waals surface area (Å²) in [7, 11) is 0. The molecule has 0 amide bonds. The average molecular weight is 406 g/mol. The van der Waals surface area contributed by atoms with Crippen molar-refractivity contribution in [2.45, 2.75) is 6.42 Å². The van der Waals surface area contributed by atoms with E-state index in [1.807, 2.05) is 6.07 Å². The maximum atomic E-state index is 13.3. The Kier molecular flexibility index (Phi) is 4.76. The second-order valence-electron chi connectivity index (χ2n) is 3.97. The van der Waals surface area contributed by atoms with Crippen molar-refractivity contribution in [3.63, 3.8) is 0 Å². The van der Waals surface area contributed by atoms with Gasteiger partial charge < -0.3 is 0 Å². The number of Topliss-reactive ketones (excluding diaryl/α,β-unsaturated/α-hetero) is 1. The fraction of sp³-hybridized carbons (Fsp3) is 0.0714. The quantitative estimate of drug-likeness (QED) is 0.621. The second kappa shape index (κ2) is 6.16. The molecule has 0 fully saturated rings. The Labute approximate surface area is 132 Å². The predicted octanol–water partition coefficient (Wildman–Crippen LogP) is 5.43. The number of carbonyl (C=O) groups is 1. The molecule has 0 saturated heterocycles. The molecule has 0 unspecified atom stereocenters. The molecule has 0 atom stereocenters. The van der Waals surface area contributed by atoms with Crippen LogP contribution in [0.2, 0.25) is 5.02 Å². The van der Waals surface area contributed by atoms with Crippen LogP contribution in [-0.2, 0) is 6.42 Å². The van der Waals surface area contributed by atoms with Crippen LogP contribution < -0.4 is 0 Å². The van der Waals surface area contributed by atoms with Crippen molar-refractivity contribution in [2.24, 2.45) is 0 Å². The van der Waals surface area contributed by atoms with E-state index in [4.69, 9.17) is 11.6 Å². The van der Waals surface area contributed by atoms with Crippen LogP contribution in [0.3, 0.4) is 0 Å². The average Bonchev–Trinajstić information content (AvgIpc) is 2.33. The molecule has 0 N–H and O–H groups in total. The summed E-state index contributed by atoms with van der Waals surface area (Å²) in [6.45, 7) is 0. The van der Waals surface area contributed by atoms with Crippen molar-refractivity contribution in [3.8, 4) is 0 Å². The smallest absolute Gasteiger partial charge is 0.167 e. The van der Waals surface area contributed by atoms with Gasteiger partial charge in [-0.05, 0) is 29.8 Å². The van der Waals surface area contributed by atoms with Gasteiger partial charge in [-0.1, -0.05) is 55.6 Å². The highest BCUT2D eigenvalue weighted by Gasteiger charge is 2.13. The minimum Gasteiger partial charge on any atom is -0.294 e. The molecule has 19 heavy (non-hydrogen) atoms. The zero-order valence-electron chi connectivity index (χ0n) is 9.59. The lowest BCUT2D eigenvalue weighted by Gasteiger charge is -2.06. The molecule has 0 aliphatic rings. The molecule has 0 bridgehead atoms. The molecular formula is C14H8Br2ClFO. The van der Waals surface area contributed by atoms with E-state index in [2.05, 4.69) is 31.9 Å². The first-order valence-corrected chi connectivity index (χ1v) is 7.36. The predicted molar refractivity (Wildman–Crippen MR) is 81.3 cm³/mol. The van der Waals surface area contributed by atoms with Crippen LogP contribution >= 0.6 is 43.5 Å². The van der Waals surface area contributed by atoms with Crippen LogP contribution in [0.1, 0.15) is 15.9 Å². The Balaban J connectivity index is 2.28. The summed E-state index contributed by atoms with van der Waals surface area (Å²) in [5.41, 5.74) is 1.03. The summed E-state index contributed by atoms with van der Waals surface area (Å²) in [4.78, 5) is 12.2. The third kappa shape index (κ3) is 3.65. The van der Waals surface area contributed by atoms with Gasteiger partial charge in [0.15, 0.2) is 5.78 Å². The molecule has 0 radical (unpaired) electrons. The van der Waals surface area contributed by atoms with Crippen molar-refractivity contribution in [1.82, 2.24) is 0 Å². The van der Waals surface area contributed by atoms with Gasteiger partial charge in [0.1, 0.15) is 5.82 Å². The largest absolute Gasteiger partial charge is 0.294 e. The fourth-order valence-corrected chi connectivity index (χ4v) is 3.16. The number of carbonyl (C=O) groups excluding carboxylic acids is 1. The van der Waals surface area contributed by atoms with Gasteiger partial charge in [-0.2, -0.15) is 0 Å². The summed E-state index contributed by atoms with van der Waals surface area (Å²) in [5.74, 6) is -0.628. The maximum Gasteiger partial charge on any atom is 0.167 e. The van der Waals surface area contributed by atoms with E-state index in [-0.39, 0.29) is 17.2 Å². The van der Waals surface area contributed by atoms with Crippen molar-refractivity contribution < 1.29 is 9.18 Å². The van der Waals surface area contributed by atoms with Crippen LogP contribution in [0.5, 0.6) is 0 Å². The van der Waals surface area contributed by atoms with Crippen LogP contribution in [0.25, 0.3) is 0 Å². The molecule has 0 aromatic heterocycles. The fourth-order valence-electron chi connectivity index (χ4n) is 1.67. The summed E-state index contributed by atoms with van der Waals surface area (Å²) in [6, 6.07) is 9.75. The van der Waals surface area contributed by atoms with E-state index in [0.717, 1.165) is 8.95 Å². The molecule has 5 heteroatoms. The first kappa shape index (κ1) is 14.7. The van der Waals surface area contributed by atoms with Crippen LogP contribution in [0.4, 0.5) is 4.39 Å². The van der Waals surface area contributed by atoms with Gasteiger partial charge in [0.05, 0.1) is 5.02 Å². The lowest BCUT2D eigenvalue weighted by Crippen LogP contribution is -2.04. The summed E-state index contributed by atoms with van der Waals surface area (Å²) in [6.07, 6.45) is 0.0689. The lowest BCUT2D eigenvalue weighted by molar-refractivity contribution is 0.0993. The third-order valence-corrected chi connectivity index (χ3v) is 3.91. The first-order chi connectivity index (χ1) is 8.97. The van der Waals surface area contributed by atoms with Crippen LogP contribution in [0.15, 0.2) is 45.3 Å². The lowest BCUT2D eigenvalue weighted by atomic mass is 10.0. The van der Waals surface area contributed by atoms with Crippen molar-refractivity contribution in [3.05, 3.63) is 67.3 Å². The van der Waals surface area contributed by atoms with Gasteiger partial charge in [-0.25, -0.2) is 4.39 Å². The monoisotopic (exact) mass is 404 g/mol. The summed E-state index contributed by atoms with van der Waals surface area (Å²) in [5, 5.41) is 0.00455. The molecule has 2 aromatic carbocycles. The number of ketones is 1. The number of halogens is 4. The summed E-state index contributed by atoms with van der Waals surface area (Å²) < 4.78 is 14.9. The molecule has 98 valence electrons. The molecular weight excluding hydrogens is 398 g/mol. The molecule has 2 aromatic rings. The van der Waals surface area contributed by atoms with Crippen molar-refractivity contribution >= 4 is 49.2 Å². The molecule has 0 spiro atoms. The Morgan fingerprint density at radius 3 is 2.42 bits per heavy atom. The molecule has 0 aliphatic carbocycles. The zero-order valence-corrected chi connectivity index (χ0v) is 13.5. The van der Waals surface area contributed by atoms with E-state index in [9.17, 15) is 9.18 Å². The standard InChI is InChI=1S/C14H8Br2ClFO/c15-10-4-9(5-11(16)7-10)13(19)6-8-2-1-3-12(18)14(8)17/h1-5,7H,6H2. The van der Waals surface area contributed by atoms with E-state index in [1.165, 1.54) is 6.07 Å². The van der Waals surface area contributed by atoms with Gasteiger partial charge in [0, 0.05) is 20.9 Å². The SMILES string of the molecule is O=C(Cc1cccc(F)c1Cl)c1cc(Br)cc(Br)c1. The highest BCUT2D eigenvalue weighted by atomic mass is 79.9. The highest BCUT2D eigenvalue weighted by Crippen LogP contribution is 2.24. The Bertz CT molecular complexity index is 623. The van der Waals surface area contributed by atoms with Gasteiger partial charge in [-0.15, -0.1) is 0 Å². The van der Waals surface area contributed by atoms with Crippen molar-refractivity contribution in [2.75, 3.05) is 0 Å². The van der Waals surface area contributed by atoms with Gasteiger partial charge in [0.25, 0.3) is 0 Å². The normalized spacial score (nSPS) is 10.5. The Morgan fingerprint density at radius 1 is 1.16 bits per heavy atom. The van der Waals surface area contributed by atoms with E-state index >= 15 is 0 Å². The Hall–Kier alpha value is -0.710. The van der Waals surface area contributed by atoms with Crippen LogP contribution in [0, 0.1) is 5.82 Å². The first-order valence-electron chi connectivity index (χ1n) is 5.39. The second-order valence-corrected chi connectivity index (χ2v) is 6.18. The van der Waals surface area contributed by atoms with Crippen molar-refractivity contribution in [1.29, 1.82) is 0 Å². The van der Waals surface area contributed by atoms with Gasteiger partial charge >= 0.3 is 0 Å². The van der Waals surface area contributed by atoms with Gasteiger partial charge in [0.2, 0.25) is 0 Å². The topological polar surface area (TPSA) is 17.1 Å². The van der Waals surface area contributed by atoms with E-state index in [0.29, 0.717) is 11.1 Å². The highest BCUT2D eigenvalue weighted by molar-refractivity contribution is 9.11. The minimum atomic E-state index is -0.512. The number of hydrogen-bond acceptors (Lipinski definition) is 1. The molecule has 0 aliphatic heterocycles. The van der Waals surface area contributed by atoms with Crippen LogP contribution in [-0.4, -0.2) is 5.78 Å².